The fourth-order valence-corrected chi connectivity index (χ4v) is 0.995. The first kappa shape index (κ1) is 11.1. The summed E-state index contributed by atoms with van der Waals surface area (Å²) in [5.74, 6) is -0.158. The number of carbonyl (C=O) groups is 2. The highest BCUT2D eigenvalue weighted by Crippen LogP contribution is 2.19. The van der Waals surface area contributed by atoms with E-state index in [0.29, 0.717) is 0 Å². The van der Waals surface area contributed by atoms with E-state index in [0.717, 1.165) is 5.32 Å². The molecule has 1 aliphatic heterocycles. The summed E-state index contributed by atoms with van der Waals surface area (Å²) in [5, 5.41) is 1.09. The van der Waals surface area contributed by atoms with Gasteiger partial charge in [-0.3, -0.25) is 0 Å². The largest absolute Gasteiger partial charge is 1.00 e. The second-order valence-corrected chi connectivity index (χ2v) is 3.40. The maximum Gasteiger partial charge on any atom is 0.434 e. The van der Waals surface area contributed by atoms with Crippen LogP contribution < -0.4 is 22.3 Å². The number of rotatable bonds is 0. The summed E-state index contributed by atoms with van der Waals surface area (Å²) in [6, 6.07) is -0.282. The van der Waals surface area contributed by atoms with Crippen LogP contribution in [0.4, 0.5) is 4.79 Å². The Balaban J connectivity index is 0.000001000. The third kappa shape index (κ3) is 1.62. The molecule has 1 heterocycles. The smallest absolute Gasteiger partial charge is 0.434 e. The first-order chi connectivity index (χ1) is 4.46. The first-order valence-electron chi connectivity index (χ1n) is 2.85. The molecule has 1 saturated heterocycles. The monoisotopic (exact) mass is 286 g/mol. The lowest BCUT2D eigenvalue weighted by atomic mass is 10.1. The Labute approximate surface area is 83.4 Å². The average molecular weight is 288 g/mol. The summed E-state index contributed by atoms with van der Waals surface area (Å²) >= 11 is 3.00. The summed E-state index contributed by atoms with van der Waals surface area (Å²) < 4.78 is 1.25. The highest BCUT2D eigenvalue weighted by atomic mass is 79.9. The predicted molar refractivity (Wildman–Crippen MR) is 37.2 cm³/mol. The lowest BCUT2D eigenvalue weighted by Gasteiger charge is -2.15. The Morgan fingerprint density at radius 3 is 2.00 bits per heavy atom. The molecule has 0 bridgehead atoms. The Bertz CT molecular complexity index is 205. The van der Waals surface area contributed by atoms with Crippen LogP contribution in [-0.4, -0.2) is 21.4 Å². The van der Waals surface area contributed by atoms with Crippen molar-refractivity contribution in [2.45, 2.75) is 19.4 Å². The average Bonchev–Trinajstić information content (AvgIpc) is 1.97. The molecule has 0 spiro atoms. The molecule has 1 aliphatic rings. The van der Waals surface area contributed by atoms with E-state index in [9.17, 15) is 9.59 Å². The van der Waals surface area contributed by atoms with Crippen molar-refractivity contribution < 1.29 is 31.9 Å². The first-order valence-corrected chi connectivity index (χ1v) is 3.56. The van der Waals surface area contributed by atoms with Gasteiger partial charge in [-0.1, -0.05) is 0 Å². The van der Waals surface area contributed by atoms with Gasteiger partial charge in [0.15, 0.2) is 5.54 Å². The number of nitrogens with two attached hydrogens (primary N) is 1. The van der Waals surface area contributed by atoms with Crippen molar-refractivity contribution in [1.29, 1.82) is 0 Å². The highest BCUT2D eigenvalue weighted by Gasteiger charge is 2.50. The van der Waals surface area contributed by atoms with Gasteiger partial charge in [-0.2, -0.15) is 5.32 Å². The normalized spacial score (nSPS) is 21.9. The number of hydrogen-bond donors (Lipinski definition) is 1. The van der Waals surface area contributed by atoms with E-state index in [-0.39, 0.29) is 28.9 Å². The van der Waals surface area contributed by atoms with Gasteiger partial charge < -0.3 is 17.0 Å². The number of primary amides is 2. The zero-order valence-electron chi connectivity index (χ0n) is 6.10. The number of nitrogens with zero attached hydrogens (tertiary/aromatic N) is 1. The van der Waals surface area contributed by atoms with Gasteiger partial charge in [0.05, 0.1) is 16.1 Å². The van der Waals surface area contributed by atoms with Crippen LogP contribution in [0.1, 0.15) is 13.8 Å². The zero-order chi connectivity index (χ0) is 7.94. The van der Waals surface area contributed by atoms with Crippen molar-refractivity contribution in [2.75, 3.05) is 0 Å². The van der Waals surface area contributed by atoms with E-state index in [2.05, 4.69) is 16.1 Å². The van der Waals surface area contributed by atoms with Gasteiger partial charge in [-0.25, -0.2) is 13.5 Å². The lowest BCUT2D eigenvalue weighted by molar-refractivity contribution is -0.461. The third-order valence-corrected chi connectivity index (χ3v) is 2.78. The van der Waals surface area contributed by atoms with Crippen LogP contribution in [-0.2, 0) is 4.79 Å². The van der Waals surface area contributed by atoms with Gasteiger partial charge in [-0.15, -0.1) is 0 Å². The topological polar surface area (TPSA) is 54.0 Å². The molecule has 3 amide bonds. The minimum Gasteiger partial charge on any atom is -1.00 e. The molecule has 1 fully saturated rings. The molecule has 6 heteroatoms. The SMILES string of the molecule is CC1(C)C(=O)[NH2+]C(=O)N1Br.[Br-]. The molecule has 1 rings (SSSR count). The molecule has 0 aliphatic carbocycles. The molecule has 4 nitrogen and oxygen atoms in total. The van der Waals surface area contributed by atoms with Crippen LogP contribution in [0.15, 0.2) is 0 Å². The highest BCUT2D eigenvalue weighted by molar-refractivity contribution is 9.07. The van der Waals surface area contributed by atoms with Gasteiger partial charge in [0, 0.05) is 0 Å². The second kappa shape index (κ2) is 3.20. The van der Waals surface area contributed by atoms with E-state index in [1.54, 1.807) is 13.8 Å². The van der Waals surface area contributed by atoms with Gasteiger partial charge >= 0.3 is 11.9 Å². The number of carbonyl (C=O) groups excluding carboxylic acids is 2. The Morgan fingerprint density at radius 1 is 1.45 bits per heavy atom. The summed E-state index contributed by atoms with van der Waals surface area (Å²) in [4.78, 5) is 21.8. The van der Waals surface area contributed by atoms with Gasteiger partial charge in [0.25, 0.3) is 0 Å². The second-order valence-electron chi connectivity index (χ2n) is 2.69. The van der Waals surface area contributed by atoms with E-state index in [4.69, 9.17) is 0 Å². The molecule has 11 heavy (non-hydrogen) atoms. The van der Waals surface area contributed by atoms with Gasteiger partial charge in [-0.05, 0) is 13.8 Å². The minimum absolute atomic E-state index is 0. The molecule has 64 valence electrons. The lowest BCUT2D eigenvalue weighted by Crippen LogP contribution is -3.00. The maximum absolute atomic E-state index is 11.0. The molecule has 0 radical (unpaired) electrons. The van der Waals surface area contributed by atoms with E-state index in [1.807, 2.05) is 0 Å². The van der Waals surface area contributed by atoms with Crippen molar-refractivity contribution in [2.24, 2.45) is 0 Å². The number of urea groups is 1. The fraction of sp³-hybridized carbons (Fsp3) is 0.600. The number of imide groups is 1. The van der Waals surface area contributed by atoms with E-state index >= 15 is 0 Å². The molecular weight excluding hydrogens is 280 g/mol. The Hall–Kier alpha value is 0.0600. The molecule has 0 saturated carbocycles. The number of quaternary nitrogens is 1. The predicted octanol–water partition coefficient (Wildman–Crippen LogP) is -3.40. The molecule has 0 atom stereocenters. The van der Waals surface area contributed by atoms with E-state index in [1.165, 1.54) is 3.93 Å². The maximum atomic E-state index is 11.0. The summed E-state index contributed by atoms with van der Waals surface area (Å²) in [5.41, 5.74) is -0.711. The summed E-state index contributed by atoms with van der Waals surface area (Å²) in [6.07, 6.45) is 0. The molecule has 0 unspecified atom stereocenters. The standard InChI is InChI=1S/C5H7BrN2O2.BrH/c1-5(2)3(9)7-4(10)8(5)6;/h1-2H3,(H,7,9,10);1H. The van der Waals surface area contributed by atoms with Crippen LogP contribution in [0.2, 0.25) is 0 Å². The number of halogens is 2. The van der Waals surface area contributed by atoms with Crippen molar-refractivity contribution in [3.05, 3.63) is 0 Å². The Morgan fingerprint density at radius 2 is 1.91 bits per heavy atom. The molecular formula is C5H8Br2N2O2. The molecule has 0 aromatic rings. The van der Waals surface area contributed by atoms with Gasteiger partial charge in [0.1, 0.15) is 0 Å². The zero-order valence-corrected chi connectivity index (χ0v) is 9.27. The van der Waals surface area contributed by atoms with Crippen molar-refractivity contribution >= 4 is 28.1 Å². The van der Waals surface area contributed by atoms with Crippen molar-refractivity contribution in [3.8, 4) is 0 Å². The van der Waals surface area contributed by atoms with Gasteiger partial charge in [0.2, 0.25) is 0 Å². The molecule has 0 aromatic carbocycles. The fourth-order valence-electron chi connectivity index (χ4n) is 0.718. The van der Waals surface area contributed by atoms with Crippen LogP contribution in [0, 0.1) is 0 Å². The number of hydrogen-bond acceptors (Lipinski definition) is 2. The van der Waals surface area contributed by atoms with Crippen molar-refractivity contribution in [3.63, 3.8) is 0 Å². The molecule has 0 aromatic heterocycles. The van der Waals surface area contributed by atoms with E-state index < -0.39 is 5.54 Å². The third-order valence-electron chi connectivity index (χ3n) is 1.54. The summed E-state index contributed by atoms with van der Waals surface area (Å²) in [7, 11) is 0. The quantitative estimate of drug-likeness (QED) is 0.373. The minimum atomic E-state index is -0.711. The van der Waals surface area contributed by atoms with Crippen molar-refractivity contribution in [1.82, 2.24) is 3.93 Å². The Kier molecular flexibility index (Phi) is 3.22. The van der Waals surface area contributed by atoms with Crippen LogP contribution in [0.5, 0.6) is 0 Å². The number of amides is 3. The molecule has 2 N–H and O–H groups in total. The van der Waals surface area contributed by atoms with Crippen LogP contribution >= 0.6 is 16.1 Å². The van der Waals surface area contributed by atoms with Crippen LogP contribution in [0.3, 0.4) is 0 Å². The summed E-state index contributed by atoms with van der Waals surface area (Å²) in [6.45, 7) is 3.37. The van der Waals surface area contributed by atoms with Crippen LogP contribution in [0.25, 0.3) is 0 Å².